The van der Waals surface area contributed by atoms with Crippen molar-refractivity contribution in [2.75, 3.05) is 20.2 Å². The molecule has 1 amide bonds. The minimum Gasteiger partial charge on any atom is -0.468 e. The number of methoxy groups -OCH3 is 1. The van der Waals surface area contributed by atoms with E-state index in [4.69, 9.17) is 1.37 Å². The van der Waals surface area contributed by atoms with Crippen LogP contribution in [0.5, 0.6) is 0 Å². The highest BCUT2D eigenvalue weighted by Gasteiger charge is 2.17. The van der Waals surface area contributed by atoms with Gasteiger partial charge in [0.2, 0.25) is 0 Å². The van der Waals surface area contributed by atoms with Crippen molar-refractivity contribution >= 4 is 11.9 Å². The summed E-state index contributed by atoms with van der Waals surface area (Å²) in [5, 5.41) is 0. The Morgan fingerprint density at radius 1 is 1.71 bits per heavy atom. The van der Waals surface area contributed by atoms with Crippen molar-refractivity contribution in [2.45, 2.75) is 0 Å². The molecule has 0 atom stereocenters. The number of hydrogen-bond donors (Lipinski definition) is 0. The molecular weight excluding hydrogens is 220 g/mol. The van der Waals surface area contributed by atoms with Gasteiger partial charge in [-0.15, -0.1) is 6.58 Å². The average molecular weight is 235 g/mol. The Kier molecular flexibility index (Phi) is 4.28. The first-order valence-electron chi connectivity index (χ1n) is 5.47. The molecule has 0 aliphatic rings. The van der Waals surface area contributed by atoms with Gasteiger partial charge in [-0.05, 0) is 12.1 Å². The second kappa shape index (κ2) is 6.42. The fourth-order valence-electron chi connectivity index (χ4n) is 1.21. The molecule has 0 aliphatic heterocycles. The van der Waals surface area contributed by atoms with E-state index in [2.05, 4.69) is 16.3 Å². The van der Waals surface area contributed by atoms with Gasteiger partial charge >= 0.3 is 5.97 Å². The van der Waals surface area contributed by atoms with Gasteiger partial charge in [-0.3, -0.25) is 14.6 Å². The quantitative estimate of drug-likeness (QED) is 0.561. The molecule has 0 aliphatic carbocycles. The van der Waals surface area contributed by atoms with Crippen LogP contribution in [0.15, 0.2) is 37.2 Å². The zero-order chi connectivity index (χ0) is 13.5. The Bertz CT molecular complexity index is 462. The highest BCUT2D eigenvalue weighted by Crippen LogP contribution is 2.03. The maximum Gasteiger partial charge on any atom is 0.325 e. The number of aromatic nitrogens is 1. The summed E-state index contributed by atoms with van der Waals surface area (Å²) < 4.78 is 12.1. The fourth-order valence-corrected chi connectivity index (χ4v) is 1.21. The third-order valence-corrected chi connectivity index (χ3v) is 2.02. The summed E-state index contributed by atoms with van der Waals surface area (Å²) in [6.07, 6.45) is 4.23. The van der Waals surface area contributed by atoms with Gasteiger partial charge in [0.1, 0.15) is 6.54 Å². The van der Waals surface area contributed by atoms with Crippen molar-refractivity contribution in [1.82, 2.24) is 9.88 Å². The first-order valence-corrected chi connectivity index (χ1v) is 4.97. The van der Waals surface area contributed by atoms with Gasteiger partial charge in [0.25, 0.3) is 5.91 Å². The van der Waals surface area contributed by atoms with Crippen molar-refractivity contribution in [3.8, 4) is 0 Å². The van der Waals surface area contributed by atoms with Crippen LogP contribution >= 0.6 is 0 Å². The number of esters is 1. The van der Waals surface area contributed by atoms with Gasteiger partial charge in [0, 0.05) is 18.9 Å². The van der Waals surface area contributed by atoms with Gasteiger partial charge < -0.3 is 9.64 Å². The molecule has 90 valence electrons. The lowest BCUT2D eigenvalue weighted by atomic mass is 10.2. The molecule has 0 aromatic carbocycles. The number of nitrogens with zero attached hydrogens (tertiary/aromatic N) is 2. The number of ether oxygens (including phenoxy) is 1. The average Bonchev–Trinajstić information content (AvgIpc) is 2.38. The van der Waals surface area contributed by atoms with Gasteiger partial charge in [-0.2, -0.15) is 0 Å². The monoisotopic (exact) mass is 235 g/mol. The van der Waals surface area contributed by atoms with E-state index in [0.29, 0.717) is 0 Å². The van der Waals surface area contributed by atoms with E-state index in [1.807, 2.05) is 0 Å². The summed E-state index contributed by atoms with van der Waals surface area (Å²) in [4.78, 5) is 28.4. The summed E-state index contributed by atoms with van der Waals surface area (Å²) in [5.41, 5.74) is 0.142. The zero-order valence-electron chi connectivity index (χ0n) is 10.5. The summed E-state index contributed by atoms with van der Waals surface area (Å²) in [6, 6.07) is 1.48. The molecule has 0 radical (unpaired) electrons. The Labute approximate surface area is 101 Å². The van der Waals surface area contributed by atoms with E-state index in [-0.39, 0.29) is 24.7 Å². The number of amides is 1. The molecule has 5 heteroatoms. The number of rotatable bonds is 5. The Morgan fingerprint density at radius 2 is 2.47 bits per heavy atom. The normalized spacial score (nSPS) is 10.3. The summed E-state index contributed by atoms with van der Waals surface area (Å²) >= 11 is 0. The third-order valence-electron chi connectivity index (χ3n) is 2.02. The number of pyridine rings is 1. The van der Waals surface area contributed by atoms with E-state index in [0.717, 1.165) is 0 Å². The van der Waals surface area contributed by atoms with Gasteiger partial charge in [-0.1, -0.05) is 6.08 Å². The topological polar surface area (TPSA) is 59.5 Å². The van der Waals surface area contributed by atoms with Crippen LogP contribution in [0.2, 0.25) is 0 Å². The third kappa shape index (κ3) is 3.71. The first-order chi connectivity index (χ1) is 8.60. The molecule has 0 spiro atoms. The second-order valence-electron chi connectivity index (χ2n) is 3.20. The number of carbonyl (C=O) groups is 2. The molecule has 0 saturated carbocycles. The number of carbonyl (C=O) groups excluding carboxylic acids is 2. The zero-order valence-corrected chi connectivity index (χ0v) is 9.55. The molecule has 0 unspecified atom stereocenters. The molecule has 0 saturated heterocycles. The highest BCUT2D eigenvalue weighted by molar-refractivity contribution is 5.95. The predicted octanol–water partition coefficient (Wildman–Crippen LogP) is 0.883. The van der Waals surface area contributed by atoms with Crippen LogP contribution < -0.4 is 0 Å². The molecular formula is C12H14N2O3. The lowest BCUT2D eigenvalue weighted by Crippen LogP contribution is -2.36. The van der Waals surface area contributed by atoms with Crippen molar-refractivity contribution in [2.24, 2.45) is 0 Å². The molecule has 17 heavy (non-hydrogen) atoms. The Hall–Kier alpha value is -2.17. The predicted molar refractivity (Wildman–Crippen MR) is 62.4 cm³/mol. The molecule has 0 fully saturated rings. The Balaban J connectivity index is 2.92. The van der Waals surface area contributed by atoms with Crippen molar-refractivity contribution < 1.29 is 15.7 Å². The lowest BCUT2D eigenvalue weighted by Gasteiger charge is -2.19. The largest absolute Gasteiger partial charge is 0.468 e. The van der Waals surface area contributed by atoms with Crippen molar-refractivity contribution in [3.05, 3.63) is 42.7 Å². The number of hydrogen-bond acceptors (Lipinski definition) is 4. The van der Waals surface area contributed by atoms with Crippen LogP contribution in [-0.2, 0) is 9.53 Å². The van der Waals surface area contributed by atoms with Crippen molar-refractivity contribution in [1.29, 1.82) is 0 Å². The van der Waals surface area contributed by atoms with Crippen LogP contribution in [0.25, 0.3) is 0 Å². The summed E-state index contributed by atoms with van der Waals surface area (Å²) in [6.45, 7) is 3.54. The van der Waals surface area contributed by atoms with Crippen LogP contribution in [-0.4, -0.2) is 42.0 Å². The van der Waals surface area contributed by atoms with Crippen LogP contribution in [0.3, 0.4) is 0 Å². The molecule has 0 N–H and O–H groups in total. The van der Waals surface area contributed by atoms with Gasteiger partial charge in [0.15, 0.2) is 0 Å². The lowest BCUT2D eigenvalue weighted by molar-refractivity contribution is -0.141. The standard InChI is InChI=1S/C12H14N2O3/c1-3-7-14(9-11(15)17-2)12(16)10-5-4-6-13-8-10/h3-6,8H,1,7,9H2,2H3/i5D. The minimum absolute atomic E-state index is 0.0638. The smallest absolute Gasteiger partial charge is 0.325 e. The van der Waals surface area contributed by atoms with Crippen LogP contribution in [0, 0.1) is 0 Å². The molecule has 5 nitrogen and oxygen atoms in total. The van der Waals surface area contributed by atoms with E-state index in [9.17, 15) is 9.59 Å². The maximum atomic E-state index is 12.1. The minimum atomic E-state index is -0.527. The molecule has 0 bridgehead atoms. The van der Waals surface area contributed by atoms with E-state index < -0.39 is 11.9 Å². The SMILES string of the molecule is [2H]c1ccncc1C(=O)N(CC=C)CC(=O)OC. The highest BCUT2D eigenvalue weighted by atomic mass is 16.5. The van der Waals surface area contributed by atoms with E-state index >= 15 is 0 Å². The van der Waals surface area contributed by atoms with E-state index in [1.54, 1.807) is 0 Å². The Morgan fingerprint density at radius 3 is 3.06 bits per heavy atom. The molecule has 1 aromatic heterocycles. The summed E-state index contributed by atoms with van der Waals surface area (Å²) in [5.74, 6) is -0.973. The second-order valence-corrected chi connectivity index (χ2v) is 3.20. The molecule has 1 heterocycles. The van der Waals surface area contributed by atoms with Gasteiger partial charge in [-0.25, -0.2) is 0 Å². The maximum absolute atomic E-state index is 12.1. The fraction of sp³-hybridized carbons (Fsp3) is 0.250. The molecule has 1 aromatic rings. The van der Waals surface area contributed by atoms with Crippen molar-refractivity contribution in [3.63, 3.8) is 0 Å². The van der Waals surface area contributed by atoms with E-state index in [1.165, 1.54) is 36.5 Å². The first kappa shape index (κ1) is 11.3. The summed E-state index contributed by atoms with van der Waals surface area (Å²) in [7, 11) is 1.25. The van der Waals surface area contributed by atoms with Crippen LogP contribution in [0.4, 0.5) is 0 Å². The van der Waals surface area contributed by atoms with Crippen LogP contribution in [0.1, 0.15) is 11.7 Å². The van der Waals surface area contributed by atoms with Gasteiger partial charge in [0.05, 0.1) is 14.0 Å². The molecule has 1 rings (SSSR count).